The molecule has 112 valence electrons. The largest absolute Gasteiger partial charge is 0.313 e. The van der Waals surface area contributed by atoms with E-state index in [4.69, 9.17) is 0 Å². The van der Waals surface area contributed by atoms with Crippen molar-refractivity contribution in [2.45, 2.75) is 81.7 Å². The summed E-state index contributed by atoms with van der Waals surface area (Å²) in [7, 11) is 2.01. The second-order valence-electron chi connectivity index (χ2n) is 3.20. The Kier molecular flexibility index (Phi) is 36.7. The summed E-state index contributed by atoms with van der Waals surface area (Å²) in [4.78, 5) is 0. The fourth-order valence-electron chi connectivity index (χ4n) is 1.39. The van der Waals surface area contributed by atoms with Crippen molar-refractivity contribution in [3.8, 4) is 0 Å². The quantitative estimate of drug-likeness (QED) is 0.611. The van der Waals surface area contributed by atoms with Crippen molar-refractivity contribution in [1.29, 1.82) is 0 Å². The first-order valence-electron chi connectivity index (χ1n) is 7.64. The van der Waals surface area contributed by atoms with Crippen LogP contribution >= 0.6 is 0 Å². The van der Waals surface area contributed by atoms with Gasteiger partial charge in [0.15, 0.2) is 0 Å². The van der Waals surface area contributed by atoms with Gasteiger partial charge in [-0.15, -0.1) is 0 Å². The molecule has 0 fully saturated rings. The molecule has 0 spiro atoms. The van der Waals surface area contributed by atoms with Gasteiger partial charge in [-0.1, -0.05) is 66.2 Å². The maximum atomic E-state index is 3.31. The lowest BCUT2D eigenvalue weighted by Crippen LogP contribution is -2.26. The van der Waals surface area contributed by atoms with Crippen molar-refractivity contribution in [3.05, 3.63) is 23.3 Å². The molecule has 18 heavy (non-hydrogen) atoms. The molecule has 1 atom stereocenters. The molecule has 1 N–H and O–H groups in total. The van der Waals surface area contributed by atoms with Gasteiger partial charge in [0.25, 0.3) is 0 Å². The van der Waals surface area contributed by atoms with Crippen LogP contribution in [0.3, 0.4) is 0 Å². The molecule has 1 unspecified atom stereocenters. The fraction of sp³-hybridized carbons (Fsp3) is 0.765. The van der Waals surface area contributed by atoms with Crippen LogP contribution in [0.1, 0.15) is 75.7 Å². The van der Waals surface area contributed by atoms with Crippen molar-refractivity contribution in [3.63, 3.8) is 0 Å². The number of likely N-dealkylation sites (N-methyl/N-ethyl adjacent to an activating group) is 1. The van der Waals surface area contributed by atoms with Crippen molar-refractivity contribution in [1.82, 2.24) is 5.32 Å². The predicted molar refractivity (Wildman–Crippen MR) is 90.4 cm³/mol. The maximum Gasteiger partial charge on any atom is 0.0314 e. The summed E-state index contributed by atoms with van der Waals surface area (Å²) in [5, 5.41) is 3.31. The van der Waals surface area contributed by atoms with Crippen LogP contribution in [-0.2, 0) is 0 Å². The summed E-state index contributed by atoms with van der Waals surface area (Å²) in [5.41, 5.74) is 2.82. The standard InChI is InChI=1S/C11H21N.3C2H6/c1-6-8-10(9(3)4)11(7-2)12-5;3*1-2/h6,8,11-12H,7H2,1-5H3;3*1-2H3/b8-6-;;;. The third-order valence-corrected chi connectivity index (χ3v) is 2.06. The van der Waals surface area contributed by atoms with Gasteiger partial charge in [-0.25, -0.2) is 0 Å². The van der Waals surface area contributed by atoms with Gasteiger partial charge >= 0.3 is 0 Å². The lowest BCUT2D eigenvalue weighted by molar-refractivity contribution is 0.622. The van der Waals surface area contributed by atoms with Crippen molar-refractivity contribution >= 4 is 0 Å². The number of hydrogen-bond donors (Lipinski definition) is 1. The van der Waals surface area contributed by atoms with Crippen molar-refractivity contribution < 1.29 is 0 Å². The fourth-order valence-corrected chi connectivity index (χ4v) is 1.39. The Morgan fingerprint density at radius 2 is 1.39 bits per heavy atom. The van der Waals surface area contributed by atoms with Crippen LogP contribution in [0.5, 0.6) is 0 Å². The van der Waals surface area contributed by atoms with E-state index in [0.29, 0.717) is 6.04 Å². The normalized spacial score (nSPS) is 9.94. The second-order valence-corrected chi connectivity index (χ2v) is 3.20. The molecule has 1 nitrogen and oxygen atoms in total. The Bertz CT molecular complexity index is 170. The molecular formula is C17H39N. The highest BCUT2D eigenvalue weighted by Gasteiger charge is 2.07. The molecule has 0 aromatic carbocycles. The molecule has 0 bridgehead atoms. The van der Waals surface area contributed by atoms with E-state index in [-0.39, 0.29) is 0 Å². The Balaban J connectivity index is -0.000000141. The molecule has 0 aliphatic heterocycles. The van der Waals surface area contributed by atoms with Crippen LogP contribution < -0.4 is 5.32 Å². The number of rotatable bonds is 4. The van der Waals surface area contributed by atoms with Crippen LogP contribution in [0.4, 0.5) is 0 Å². The monoisotopic (exact) mass is 257 g/mol. The first kappa shape index (κ1) is 26.1. The molecular weight excluding hydrogens is 218 g/mol. The first-order valence-corrected chi connectivity index (χ1v) is 7.64. The van der Waals surface area contributed by atoms with Crippen molar-refractivity contribution in [2.24, 2.45) is 0 Å². The molecule has 0 rings (SSSR count). The second kappa shape index (κ2) is 25.3. The van der Waals surface area contributed by atoms with E-state index in [1.807, 2.05) is 48.6 Å². The number of allylic oxidation sites excluding steroid dienone is 2. The minimum atomic E-state index is 0.506. The summed E-state index contributed by atoms with van der Waals surface area (Å²) < 4.78 is 0. The van der Waals surface area contributed by atoms with Gasteiger partial charge in [-0.05, 0) is 39.8 Å². The third-order valence-electron chi connectivity index (χ3n) is 2.06. The zero-order chi connectivity index (χ0) is 15.6. The maximum absolute atomic E-state index is 3.31. The predicted octanol–water partition coefficient (Wildman–Crippen LogP) is 5.98. The van der Waals surface area contributed by atoms with Gasteiger partial charge in [0.2, 0.25) is 0 Å². The summed E-state index contributed by atoms with van der Waals surface area (Å²) >= 11 is 0. The summed E-state index contributed by atoms with van der Waals surface area (Å²) in [6.45, 7) is 20.6. The van der Waals surface area contributed by atoms with E-state index in [9.17, 15) is 0 Å². The van der Waals surface area contributed by atoms with Crippen LogP contribution in [0, 0.1) is 0 Å². The number of hydrogen-bond acceptors (Lipinski definition) is 1. The summed E-state index contributed by atoms with van der Waals surface area (Å²) in [6, 6.07) is 0.506. The highest BCUT2D eigenvalue weighted by molar-refractivity contribution is 5.28. The molecule has 0 aromatic rings. The van der Waals surface area contributed by atoms with Gasteiger partial charge in [-0.2, -0.15) is 0 Å². The van der Waals surface area contributed by atoms with Gasteiger partial charge in [0, 0.05) is 6.04 Å². The van der Waals surface area contributed by atoms with Gasteiger partial charge < -0.3 is 5.32 Å². The molecule has 0 amide bonds. The smallest absolute Gasteiger partial charge is 0.0314 e. The van der Waals surface area contributed by atoms with E-state index in [1.165, 1.54) is 11.1 Å². The van der Waals surface area contributed by atoms with Crippen LogP contribution in [0.2, 0.25) is 0 Å². The van der Waals surface area contributed by atoms with Gasteiger partial charge in [0.05, 0.1) is 0 Å². The average Bonchev–Trinajstić information content (AvgIpc) is 2.45. The van der Waals surface area contributed by atoms with E-state index >= 15 is 0 Å². The molecule has 1 heteroatoms. The van der Waals surface area contributed by atoms with Gasteiger partial charge in [-0.3, -0.25) is 0 Å². The zero-order valence-electron chi connectivity index (χ0n) is 14.9. The van der Waals surface area contributed by atoms with Crippen molar-refractivity contribution in [2.75, 3.05) is 7.05 Å². The molecule has 0 saturated heterocycles. The Labute approximate surface area is 118 Å². The highest BCUT2D eigenvalue weighted by Crippen LogP contribution is 2.12. The Morgan fingerprint density at radius 3 is 1.56 bits per heavy atom. The molecule has 0 radical (unpaired) electrons. The first-order chi connectivity index (χ1) is 8.67. The van der Waals surface area contributed by atoms with E-state index in [0.717, 1.165) is 6.42 Å². The SMILES string of the molecule is C/C=C\C(=C(C)C)C(CC)NC.CC.CC.CC. The minimum Gasteiger partial charge on any atom is -0.313 e. The summed E-state index contributed by atoms with van der Waals surface area (Å²) in [5.74, 6) is 0. The lowest BCUT2D eigenvalue weighted by Gasteiger charge is -2.17. The van der Waals surface area contributed by atoms with Crippen LogP contribution in [0.15, 0.2) is 23.3 Å². The average molecular weight is 258 g/mol. The third kappa shape index (κ3) is 15.4. The summed E-state index contributed by atoms with van der Waals surface area (Å²) in [6.07, 6.45) is 5.43. The lowest BCUT2D eigenvalue weighted by atomic mass is 10.00. The Hall–Kier alpha value is -0.560. The van der Waals surface area contributed by atoms with E-state index < -0.39 is 0 Å². The molecule has 0 heterocycles. The topological polar surface area (TPSA) is 12.0 Å². The number of nitrogens with one attached hydrogen (secondary N) is 1. The minimum absolute atomic E-state index is 0.506. The molecule has 0 aliphatic carbocycles. The van der Waals surface area contributed by atoms with Crippen LogP contribution in [0.25, 0.3) is 0 Å². The molecule has 0 aromatic heterocycles. The van der Waals surface area contributed by atoms with Crippen LogP contribution in [-0.4, -0.2) is 13.1 Å². The molecule has 0 aliphatic rings. The molecule has 0 saturated carbocycles. The van der Waals surface area contributed by atoms with E-state index in [2.05, 4.69) is 45.2 Å². The zero-order valence-corrected chi connectivity index (χ0v) is 14.9. The highest BCUT2D eigenvalue weighted by atomic mass is 14.9. The Morgan fingerprint density at radius 1 is 1.00 bits per heavy atom. The van der Waals surface area contributed by atoms with Gasteiger partial charge in [0.1, 0.15) is 0 Å². The van der Waals surface area contributed by atoms with E-state index in [1.54, 1.807) is 0 Å².